The lowest BCUT2D eigenvalue weighted by molar-refractivity contribution is -0.0434. The number of carbonyl (C=O) groups is 1. The number of nitrogens with zero attached hydrogens (tertiary/aromatic N) is 1. The number of fused-ring (bicyclic) bond motifs is 2. The van der Waals surface area contributed by atoms with Crippen molar-refractivity contribution in [1.82, 2.24) is 4.90 Å². The van der Waals surface area contributed by atoms with Crippen LogP contribution in [0.3, 0.4) is 0 Å². The number of rotatable bonds is 4. The molecule has 0 N–H and O–H groups in total. The molecule has 0 radical (unpaired) electrons. The summed E-state index contributed by atoms with van der Waals surface area (Å²) in [7, 11) is 0. The molecular weight excluding hydrogens is 274 g/mol. The minimum Gasteiger partial charge on any atom is -0.374 e. The summed E-state index contributed by atoms with van der Waals surface area (Å²) in [6.45, 7) is 5.42. The molecule has 3 rings (SSSR count). The van der Waals surface area contributed by atoms with Gasteiger partial charge in [0.2, 0.25) is 0 Å². The Balaban J connectivity index is 1.80. The van der Waals surface area contributed by atoms with E-state index in [1.54, 1.807) is 17.4 Å². The fraction of sp³-hybridized carbons (Fsp3) is 0.533. The summed E-state index contributed by atoms with van der Waals surface area (Å²) in [4.78, 5) is 14.6. The van der Waals surface area contributed by atoms with Gasteiger partial charge in [-0.05, 0) is 24.3 Å². The Morgan fingerprint density at radius 2 is 2.50 bits per heavy atom. The molecule has 2 heterocycles. The quantitative estimate of drug-likeness (QED) is 0.800. The molecule has 2 aliphatic rings. The van der Waals surface area contributed by atoms with Gasteiger partial charge in [0.25, 0.3) is 5.91 Å². The Kier molecular flexibility index (Phi) is 4.19. The fourth-order valence-corrected chi connectivity index (χ4v) is 3.72. The van der Waals surface area contributed by atoms with Crippen molar-refractivity contribution in [2.75, 3.05) is 19.8 Å². The van der Waals surface area contributed by atoms with Gasteiger partial charge in [0.15, 0.2) is 0 Å². The largest absolute Gasteiger partial charge is 0.374 e. The second kappa shape index (κ2) is 6.08. The predicted octanol–water partition coefficient (Wildman–Crippen LogP) is 2.32. The molecule has 1 amide bonds. The summed E-state index contributed by atoms with van der Waals surface area (Å²) < 4.78 is 11.7. The SMILES string of the molecule is C=CCOC1C2CCC1N(C(=O)c1ccsc1)CCO2. The van der Waals surface area contributed by atoms with Gasteiger partial charge in [0, 0.05) is 11.9 Å². The number of amides is 1. The van der Waals surface area contributed by atoms with Crippen LogP contribution in [0.4, 0.5) is 0 Å². The van der Waals surface area contributed by atoms with E-state index in [0.29, 0.717) is 19.8 Å². The van der Waals surface area contributed by atoms with Crippen molar-refractivity contribution < 1.29 is 14.3 Å². The maximum atomic E-state index is 12.6. The minimum atomic E-state index is -0.0296. The highest BCUT2D eigenvalue weighted by atomic mass is 32.1. The lowest BCUT2D eigenvalue weighted by Gasteiger charge is -2.31. The van der Waals surface area contributed by atoms with E-state index in [1.165, 1.54) is 0 Å². The molecule has 3 unspecified atom stereocenters. The van der Waals surface area contributed by atoms with Gasteiger partial charge in [0.05, 0.1) is 30.9 Å². The third kappa shape index (κ3) is 2.53. The molecular formula is C15H19NO3S. The van der Waals surface area contributed by atoms with Crippen LogP contribution in [0.2, 0.25) is 0 Å². The van der Waals surface area contributed by atoms with E-state index in [0.717, 1.165) is 18.4 Å². The number of hydrogen-bond acceptors (Lipinski definition) is 4. The summed E-state index contributed by atoms with van der Waals surface area (Å²) in [5.41, 5.74) is 0.767. The van der Waals surface area contributed by atoms with Gasteiger partial charge in [-0.1, -0.05) is 6.08 Å². The van der Waals surface area contributed by atoms with Crippen molar-refractivity contribution in [1.29, 1.82) is 0 Å². The normalized spacial score (nSPS) is 29.2. The molecule has 0 spiro atoms. The third-order valence-corrected chi connectivity index (χ3v) is 4.68. The first-order valence-corrected chi connectivity index (χ1v) is 7.93. The van der Waals surface area contributed by atoms with Gasteiger partial charge < -0.3 is 14.4 Å². The fourth-order valence-electron chi connectivity index (χ4n) is 3.09. The first-order valence-electron chi connectivity index (χ1n) is 6.98. The van der Waals surface area contributed by atoms with Crippen molar-refractivity contribution >= 4 is 17.2 Å². The summed E-state index contributed by atoms with van der Waals surface area (Å²) in [5, 5.41) is 3.84. The van der Waals surface area contributed by atoms with Crippen molar-refractivity contribution in [2.24, 2.45) is 0 Å². The summed E-state index contributed by atoms with van der Waals surface area (Å²) in [6, 6.07) is 2.00. The van der Waals surface area contributed by atoms with Gasteiger partial charge in [0.1, 0.15) is 6.10 Å². The second-order valence-electron chi connectivity index (χ2n) is 5.15. The van der Waals surface area contributed by atoms with Gasteiger partial charge in [-0.15, -0.1) is 6.58 Å². The van der Waals surface area contributed by atoms with Crippen molar-refractivity contribution in [2.45, 2.75) is 31.1 Å². The van der Waals surface area contributed by atoms with Crippen LogP contribution < -0.4 is 0 Å². The zero-order valence-electron chi connectivity index (χ0n) is 11.4. The monoisotopic (exact) mass is 293 g/mol. The van der Waals surface area contributed by atoms with Gasteiger partial charge in [-0.2, -0.15) is 11.3 Å². The van der Waals surface area contributed by atoms with Crippen LogP contribution in [-0.4, -0.2) is 48.8 Å². The molecule has 0 aromatic carbocycles. The maximum Gasteiger partial charge on any atom is 0.255 e. The molecule has 2 bridgehead atoms. The maximum absolute atomic E-state index is 12.6. The topological polar surface area (TPSA) is 38.8 Å². The lowest BCUT2D eigenvalue weighted by Crippen LogP contribution is -2.46. The zero-order valence-corrected chi connectivity index (χ0v) is 12.2. The van der Waals surface area contributed by atoms with E-state index < -0.39 is 0 Å². The Labute approximate surface area is 123 Å². The average Bonchev–Trinajstić information content (AvgIpc) is 3.04. The highest BCUT2D eigenvalue weighted by Crippen LogP contribution is 2.33. The van der Waals surface area contributed by atoms with E-state index in [2.05, 4.69) is 6.58 Å². The predicted molar refractivity (Wildman–Crippen MR) is 78.1 cm³/mol. The molecule has 1 saturated heterocycles. The van der Waals surface area contributed by atoms with E-state index >= 15 is 0 Å². The van der Waals surface area contributed by atoms with E-state index in [4.69, 9.17) is 9.47 Å². The molecule has 5 heteroatoms. The minimum absolute atomic E-state index is 0.0296. The van der Waals surface area contributed by atoms with Crippen LogP contribution in [0.5, 0.6) is 0 Å². The van der Waals surface area contributed by atoms with Crippen molar-refractivity contribution in [3.63, 3.8) is 0 Å². The van der Waals surface area contributed by atoms with Gasteiger partial charge in [-0.25, -0.2) is 0 Å². The standard InChI is InChI=1S/C15H19NO3S/c1-2-7-19-14-12-3-4-13(14)18-8-6-16(12)15(17)11-5-9-20-10-11/h2,5,9-10,12-14H,1,3-4,6-8H2. The first kappa shape index (κ1) is 13.8. The van der Waals surface area contributed by atoms with E-state index in [-0.39, 0.29) is 24.2 Å². The molecule has 108 valence electrons. The van der Waals surface area contributed by atoms with Crippen LogP contribution in [-0.2, 0) is 9.47 Å². The van der Waals surface area contributed by atoms with E-state index in [9.17, 15) is 4.79 Å². The first-order chi connectivity index (χ1) is 9.81. The van der Waals surface area contributed by atoms with Crippen LogP contribution >= 0.6 is 11.3 Å². The molecule has 1 aliphatic heterocycles. The van der Waals surface area contributed by atoms with Crippen LogP contribution in [0.25, 0.3) is 0 Å². The Morgan fingerprint density at radius 1 is 1.60 bits per heavy atom. The summed E-state index contributed by atoms with van der Waals surface area (Å²) in [6.07, 6.45) is 3.73. The molecule has 3 atom stereocenters. The lowest BCUT2D eigenvalue weighted by atomic mass is 10.1. The molecule has 1 aromatic rings. The van der Waals surface area contributed by atoms with Crippen LogP contribution in [0.15, 0.2) is 29.5 Å². The smallest absolute Gasteiger partial charge is 0.255 e. The number of hydrogen-bond donors (Lipinski definition) is 0. The van der Waals surface area contributed by atoms with Crippen LogP contribution in [0.1, 0.15) is 23.2 Å². The average molecular weight is 293 g/mol. The number of carbonyl (C=O) groups excluding carboxylic acids is 1. The molecule has 4 nitrogen and oxygen atoms in total. The Morgan fingerprint density at radius 3 is 3.25 bits per heavy atom. The van der Waals surface area contributed by atoms with Crippen molar-refractivity contribution in [3.05, 3.63) is 35.0 Å². The number of ether oxygens (including phenoxy) is 2. The van der Waals surface area contributed by atoms with Crippen molar-refractivity contribution in [3.8, 4) is 0 Å². The van der Waals surface area contributed by atoms with Gasteiger partial charge in [-0.3, -0.25) is 4.79 Å². The Bertz CT molecular complexity index is 473. The number of thiophene rings is 1. The van der Waals surface area contributed by atoms with Crippen LogP contribution in [0, 0.1) is 0 Å². The summed E-state index contributed by atoms with van der Waals surface area (Å²) in [5.74, 6) is 0.0922. The highest BCUT2D eigenvalue weighted by Gasteiger charge is 2.44. The molecule has 1 aromatic heterocycles. The third-order valence-electron chi connectivity index (χ3n) is 3.99. The molecule has 1 saturated carbocycles. The van der Waals surface area contributed by atoms with E-state index in [1.807, 2.05) is 21.7 Å². The molecule has 20 heavy (non-hydrogen) atoms. The second-order valence-corrected chi connectivity index (χ2v) is 5.93. The Hall–Kier alpha value is -1.17. The highest BCUT2D eigenvalue weighted by molar-refractivity contribution is 7.08. The zero-order chi connectivity index (χ0) is 13.9. The molecule has 2 fully saturated rings. The van der Waals surface area contributed by atoms with Gasteiger partial charge >= 0.3 is 0 Å². The summed E-state index contributed by atoms with van der Waals surface area (Å²) >= 11 is 1.55. The molecule has 1 aliphatic carbocycles.